The Labute approximate surface area is 99.8 Å². The summed E-state index contributed by atoms with van der Waals surface area (Å²) < 4.78 is 0. The minimum Gasteiger partial charge on any atom is -0.366 e. The first kappa shape index (κ1) is 11.8. The summed E-state index contributed by atoms with van der Waals surface area (Å²) in [6.45, 7) is 2.06. The van der Waals surface area contributed by atoms with Gasteiger partial charge in [-0.2, -0.15) is 0 Å². The summed E-state index contributed by atoms with van der Waals surface area (Å²) in [4.78, 5) is 16.6. The van der Waals surface area contributed by atoms with Crippen LogP contribution in [0.2, 0.25) is 0 Å². The van der Waals surface area contributed by atoms with Crippen LogP contribution >= 0.6 is 0 Å². The van der Waals surface area contributed by atoms with Crippen molar-refractivity contribution in [3.63, 3.8) is 0 Å². The number of piperidine rings is 1. The first-order chi connectivity index (χ1) is 8.15. The molecule has 1 aromatic rings. The van der Waals surface area contributed by atoms with E-state index in [-0.39, 0.29) is 5.69 Å². The molecule has 92 valence electrons. The van der Waals surface area contributed by atoms with Crippen molar-refractivity contribution in [2.24, 2.45) is 0 Å². The lowest BCUT2D eigenvalue weighted by Crippen LogP contribution is -2.39. The number of nitro groups is 1. The third-order valence-electron chi connectivity index (χ3n) is 2.93. The predicted octanol–water partition coefficient (Wildman–Crippen LogP) is 1.50. The molecule has 17 heavy (non-hydrogen) atoms. The predicted molar refractivity (Wildman–Crippen MR) is 65.0 cm³/mol. The van der Waals surface area contributed by atoms with E-state index in [0.29, 0.717) is 11.9 Å². The second-order valence-corrected chi connectivity index (χ2v) is 4.40. The van der Waals surface area contributed by atoms with E-state index in [1.165, 1.54) is 18.3 Å². The Morgan fingerprint density at radius 2 is 2.47 bits per heavy atom. The number of aromatic nitrogens is 1. The van der Waals surface area contributed by atoms with Gasteiger partial charge in [-0.15, -0.1) is 0 Å². The van der Waals surface area contributed by atoms with Crippen LogP contribution in [0.4, 0.5) is 11.5 Å². The van der Waals surface area contributed by atoms with E-state index < -0.39 is 4.92 Å². The van der Waals surface area contributed by atoms with Gasteiger partial charge in [0.05, 0.1) is 11.0 Å². The van der Waals surface area contributed by atoms with E-state index >= 15 is 0 Å². The van der Waals surface area contributed by atoms with Gasteiger partial charge in [0.15, 0.2) is 0 Å². The Morgan fingerprint density at radius 3 is 3.18 bits per heavy atom. The maximum Gasteiger partial charge on any atom is 0.274 e. The number of likely N-dealkylation sites (N-methyl/N-ethyl adjacent to an activating group) is 1. The van der Waals surface area contributed by atoms with Gasteiger partial charge in [0.25, 0.3) is 5.69 Å². The molecule has 2 rings (SSSR count). The zero-order chi connectivity index (χ0) is 12.3. The molecule has 1 N–H and O–H groups in total. The second kappa shape index (κ2) is 5.09. The highest BCUT2D eigenvalue weighted by molar-refractivity contribution is 5.44. The summed E-state index contributed by atoms with van der Waals surface area (Å²) in [6, 6.07) is 3.20. The largest absolute Gasteiger partial charge is 0.366 e. The lowest BCUT2D eigenvalue weighted by molar-refractivity contribution is -0.384. The fourth-order valence-corrected chi connectivity index (χ4v) is 2.11. The van der Waals surface area contributed by atoms with Crippen molar-refractivity contribution >= 4 is 11.5 Å². The third kappa shape index (κ3) is 3.13. The molecule has 1 aliphatic heterocycles. The number of nitrogens with zero attached hydrogens (tertiary/aromatic N) is 3. The molecular weight excluding hydrogens is 220 g/mol. The Bertz CT molecular complexity index is 410. The maximum absolute atomic E-state index is 10.6. The molecule has 6 nitrogen and oxygen atoms in total. The van der Waals surface area contributed by atoms with Crippen LogP contribution in [0.5, 0.6) is 0 Å². The molecule has 1 aliphatic rings. The fraction of sp³-hybridized carbons (Fsp3) is 0.545. The molecule has 0 saturated carbocycles. The van der Waals surface area contributed by atoms with E-state index in [1.807, 2.05) is 0 Å². The monoisotopic (exact) mass is 236 g/mol. The molecule has 1 saturated heterocycles. The number of likely N-dealkylation sites (tertiary alicyclic amines) is 1. The van der Waals surface area contributed by atoms with E-state index in [2.05, 4.69) is 22.2 Å². The van der Waals surface area contributed by atoms with Gasteiger partial charge in [-0.05, 0) is 26.4 Å². The van der Waals surface area contributed by atoms with E-state index in [9.17, 15) is 10.1 Å². The van der Waals surface area contributed by atoms with E-state index in [4.69, 9.17) is 0 Å². The molecule has 2 heterocycles. The normalized spacial score (nSPS) is 21.1. The van der Waals surface area contributed by atoms with Crippen LogP contribution in [-0.4, -0.2) is 41.0 Å². The summed E-state index contributed by atoms with van der Waals surface area (Å²) in [5.74, 6) is 0.583. The zero-order valence-electron chi connectivity index (χ0n) is 9.80. The number of hydrogen-bond acceptors (Lipinski definition) is 5. The Kier molecular flexibility index (Phi) is 3.53. The minimum atomic E-state index is -0.403. The van der Waals surface area contributed by atoms with Crippen molar-refractivity contribution in [3.05, 3.63) is 28.4 Å². The zero-order valence-corrected chi connectivity index (χ0v) is 9.80. The summed E-state index contributed by atoms with van der Waals surface area (Å²) >= 11 is 0. The number of hydrogen-bond donors (Lipinski definition) is 1. The van der Waals surface area contributed by atoms with Crippen LogP contribution < -0.4 is 5.32 Å². The molecule has 0 bridgehead atoms. The lowest BCUT2D eigenvalue weighted by Gasteiger charge is -2.30. The molecule has 0 amide bonds. The summed E-state index contributed by atoms with van der Waals surface area (Å²) in [5, 5.41) is 13.9. The summed E-state index contributed by atoms with van der Waals surface area (Å²) in [6.07, 6.45) is 3.69. The molecule has 1 atom stereocenters. The quantitative estimate of drug-likeness (QED) is 0.636. The molecule has 1 unspecified atom stereocenters. The van der Waals surface area contributed by atoms with Gasteiger partial charge in [-0.1, -0.05) is 0 Å². The van der Waals surface area contributed by atoms with Crippen LogP contribution in [0.25, 0.3) is 0 Å². The molecule has 1 aromatic heterocycles. The number of anilines is 1. The van der Waals surface area contributed by atoms with Gasteiger partial charge >= 0.3 is 0 Å². The van der Waals surface area contributed by atoms with Crippen LogP contribution in [-0.2, 0) is 0 Å². The second-order valence-electron chi connectivity index (χ2n) is 4.40. The molecule has 0 aliphatic carbocycles. The van der Waals surface area contributed by atoms with Crippen molar-refractivity contribution in [3.8, 4) is 0 Å². The topological polar surface area (TPSA) is 71.3 Å². The van der Waals surface area contributed by atoms with Gasteiger partial charge < -0.3 is 10.2 Å². The lowest BCUT2D eigenvalue weighted by atomic mass is 10.1. The van der Waals surface area contributed by atoms with Crippen molar-refractivity contribution in [1.29, 1.82) is 0 Å². The summed E-state index contributed by atoms with van der Waals surface area (Å²) in [7, 11) is 2.08. The Hall–Kier alpha value is -1.69. The highest BCUT2D eigenvalue weighted by atomic mass is 16.6. The van der Waals surface area contributed by atoms with Gasteiger partial charge in [-0.3, -0.25) is 10.1 Å². The molecule has 0 spiro atoms. The minimum absolute atomic E-state index is 0.0756. The standard InChI is InChI=1S/C11H16N4O2/c1-14-6-2-3-9(8-14)13-11-7-10(15(16)17)4-5-12-11/h4-5,7,9H,2-3,6,8H2,1H3,(H,12,13). The van der Waals surface area contributed by atoms with Crippen molar-refractivity contribution < 1.29 is 4.92 Å². The van der Waals surface area contributed by atoms with Gasteiger partial charge in [0.2, 0.25) is 0 Å². The number of nitrogens with one attached hydrogen (secondary N) is 1. The van der Waals surface area contributed by atoms with E-state index in [0.717, 1.165) is 25.9 Å². The molecule has 0 aromatic carbocycles. The average molecular weight is 236 g/mol. The van der Waals surface area contributed by atoms with Gasteiger partial charge in [0, 0.05) is 24.8 Å². The smallest absolute Gasteiger partial charge is 0.274 e. The van der Waals surface area contributed by atoms with Gasteiger partial charge in [-0.25, -0.2) is 4.98 Å². The molecule has 1 fully saturated rings. The summed E-state index contributed by atoms with van der Waals surface area (Å²) in [5.41, 5.74) is 0.0756. The van der Waals surface area contributed by atoms with Crippen molar-refractivity contribution in [2.75, 3.05) is 25.5 Å². The first-order valence-electron chi connectivity index (χ1n) is 5.70. The van der Waals surface area contributed by atoms with Crippen LogP contribution in [0.1, 0.15) is 12.8 Å². The highest BCUT2D eigenvalue weighted by Gasteiger charge is 2.17. The third-order valence-corrected chi connectivity index (χ3v) is 2.93. The molecule has 0 radical (unpaired) electrons. The molecular formula is C11H16N4O2. The van der Waals surface area contributed by atoms with Crippen LogP contribution in [0.15, 0.2) is 18.3 Å². The number of pyridine rings is 1. The Balaban J connectivity index is 2.02. The maximum atomic E-state index is 10.6. The van der Waals surface area contributed by atoms with Crippen LogP contribution in [0, 0.1) is 10.1 Å². The average Bonchev–Trinajstić information content (AvgIpc) is 2.29. The van der Waals surface area contributed by atoms with Crippen molar-refractivity contribution in [1.82, 2.24) is 9.88 Å². The highest BCUT2D eigenvalue weighted by Crippen LogP contribution is 2.17. The Morgan fingerprint density at radius 1 is 1.65 bits per heavy atom. The fourth-order valence-electron chi connectivity index (χ4n) is 2.11. The van der Waals surface area contributed by atoms with Gasteiger partial charge in [0.1, 0.15) is 5.82 Å². The van der Waals surface area contributed by atoms with E-state index in [1.54, 1.807) is 0 Å². The van der Waals surface area contributed by atoms with Crippen LogP contribution in [0.3, 0.4) is 0 Å². The first-order valence-corrected chi connectivity index (χ1v) is 5.70. The SMILES string of the molecule is CN1CCCC(Nc2cc([N+](=O)[O-])ccn2)C1. The molecule has 6 heteroatoms. The van der Waals surface area contributed by atoms with Crippen molar-refractivity contribution in [2.45, 2.75) is 18.9 Å². The number of rotatable bonds is 3.